The fourth-order valence-corrected chi connectivity index (χ4v) is 3.60. The van der Waals surface area contributed by atoms with Crippen molar-refractivity contribution >= 4 is 11.9 Å². The number of likely N-dealkylation sites (tertiary alicyclic amines) is 1. The van der Waals surface area contributed by atoms with E-state index in [1.165, 1.54) is 5.56 Å². The largest absolute Gasteiger partial charge is 0.490 e. The SMILES string of the molecule is CN(C)C(=O)[C@@H]1C[C@@H]2CCN(CCOCc3ccccc3)C[C@H]2O1.O=C(O)C(F)(F)F. The lowest BCUT2D eigenvalue weighted by molar-refractivity contribution is -0.192. The van der Waals surface area contributed by atoms with E-state index in [4.69, 9.17) is 19.4 Å². The molecule has 0 aromatic heterocycles. The number of carboxylic acids is 1. The van der Waals surface area contributed by atoms with Crippen molar-refractivity contribution in [2.75, 3.05) is 40.3 Å². The number of hydrogen-bond donors (Lipinski definition) is 1. The van der Waals surface area contributed by atoms with Crippen LogP contribution in [0, 0.1) is 5.92 Å². The zero-order valence-corrected chi connectivity index (χ0v) is 17.7. The lowest BCUT2D eigenvalue weighted by Gasteiger charge is -2.33. The molecule has 0 radical (unpaired) electrons. The van der Waals surface area contributed by atoms with Crippen LogP contribution >= 0.6 is 0 Å². The molecule has 7 nitrogen and oxygen atoms in total. The van der Waals surface area contributed by atoms with Gasteiger partial charge in [-0.3, -0.25) is 9.69 Å². The maximum absolute atomic E-state index is 12.1. The third-order valence-electron chi connectivity index (χ3n) is 5.26. The molecule has 1 amide bonds. The molecule has 0 bridgehead atoms. The summed E-state index contributed by atoms with van der Waals surface area (Å²) in [5.41, 5.74) is 1.21. The minimum atomic E-state index is -5.08. The van der Waals surface area contributed by atoms with Gasteiger partial charge in [0.2, 0.25) is 0 Å². The number of aliphatic carboxylic acids is 1. The van der Waals surface area contributed by atoms with E-state index >= 15 is 0 Å². The zero-order valence-electron chi connectivity index (χ0n) is 17.7. The van der Waals surface area contributed by atoms with E-state index in [0.717, 1.165) is 39.1 Å². The second-order valence-electron chi connectivity index (χ2n) is 7.82. The van der Waals surface area contributed by atoms with Crippen LogP contribution in [0.1, 0.15) is 18.4 Å². The molecular weight excluding hydrogens is 417 g/mol. The molecule has 174 valence electrons. The van der Waals surface area contributed by atoms with Crippen LogP contribution in [0.5, 0.6) is 0 Å². The summed E-state index contributed by atoms with van der Waals surface area (Å²) in [5.74, 6) is -2.13. The number of carbonyl (C=O) groups excluding carboxylic acids is 1. The molecule has 2 aliphatic heterocycles. The van der Waals surface area contributed by atoms with Gasteiger partial charge in [-0.15, -0.1) is 0 Å². The van der Waals surface area contributed by atoms with Gasteiger partial charge in [0.05, 0.1) is 19.3 Å². The van der Waals surface area contributed by atoms with E-state index in [1.54, 1.807) is 19.0 Å². The van der Waals surface area contributed by atoms with Gasteiger partial charge < -0.3 is 19.5 Å². The van der Waals surface area contributed by atoms with E-state index in [1.807, 2.05) is 18.2 Å². The fourth-order valence-electron chi connectivity index (χ4n) is 3.60. The highest BCUT2D eigenvalue weighted by Gasteiger charge is 2.42. The quantitative estimate of drug-likeness (QED) is 0.677. The molecule has 3 rings (SSSR count). The molecule has 0 spiro atoms. The first kappa shape index (κ1) is 25.1. The molecule has 1 aromatic carbocycles. The van der Waals surface area contributed by atoms with Crippen LogP contribution in [0.15, 0.2) is 30.3 Å². The Hall–Kier alpha value is -2.17. The molecule has 31 heavy (non-hydrogen) atoms. The van der Waals surface area contributed by atoms with Crippen LogP contribution in [0.4, 0.5) is 13.2 Å². The molecule has 0 aliphatic carbocycles. The van der Waals surface area contributed by atoms with Gasteiger partial charge in [-0.05, 0) is 30.9 Å². The molecule has 2 heterocycles. The normalized spacial score (nSPS) is 23.5. The van der Waals surface area contributed by atoms with Crippen LogP contribution < -0.4 is 0 Å². The first-order valence-corrected chi connectivity index (χ1v) is 10.1. The van der Waals surface area contributed by atoms with Crippen molar-refractivity contribution in [2.45, 2.75) is 37.8 Å². The Bertz CT molecular complexity index is 715. The lowest BCUT2D eigenvalue weighted by atomic mass is 9.91. The maximum atomic E-state index is 12.1. The van der Waals surface area contributed by atoms with Crippen LogP contribution in [0.25, 0.3) is 0 Å². The number of carbonyl (C=O) groups is 2. The van der Waals surface area contributed by atoms with Gasteiger partial charge in [0.1, 0.15) is 6.10 Å². The number of halogens is 3. The van der Waals surface area contributed by atoms with E-state index < -0.39 is 12.1 Å². The van der Waals surface area contributed by atoms with Crippen molar-refractivity contribution in [2.24, 2.45) is 5.92 Å². The summed E-state index contributed by atoms with van der Waals surface area (Å²) in [4.78, 5) is 25.0. The van der Waals surface area contributed by atoms with E-state index in [9.17, 15) is 18.0 Å². The van der Waals surface area contributed by atoms with Gasteiger partial charge >= 0.3 is 12.1 Å². The standard InChI is InChI=1S/C19H28N2O3.C2HF3O2/c1-20(2)19(22)17-12-16-8-9-21(13-18(16)24-17)10-11-23-14-15-6-4-3-5-7-15;3-2(4,5)1(6)7/h3-7,16-18H,8-14H2,1-2H3;(H,6,7)/t16-,17-,18+;/m0./s1. The predicted molar refractivity (Wildman–Crippen MR) is 106 cm³/mol. The highest BCUT2D eigenvalue weighted by atomic mass is 19.4. The van der Waals surface area contributed by atoms with Crippen molar-refractivity contribution in [3.63, 3.8) is 0 Å². The minimum absolute atomic E-state index is 0.0992. The van der Waals surface area contributed by atoms with Gasteiger partial charge in [-0.2, -0.15) is 13.2 Å². The predicted octanol–water partition coefficient (Wildman–Crippen LogP) is 2.40. The zero-order chi connectivity index (χ0) is 23.0. The van der Waals surface area contributed by atoms with Gasteiger partial charge in [0.15, 0.2) is 0 Å². The summed E-state index contributed by atoms with van der Waals surface area (Å²) < 4.78 is 43.5. The van der Waals surface area contributed by atoms with Gasteiger partial charge in [-0.1, -0.05) is 30.3 Å². The molecule has 2 aliphatic rings. The first-order valence-electron chi connectivity index (χ1n) is 10.1. The number of benzene rings is 1. The summed E-state index contributed by atoms with van der Waals surface area (Å²) in [6.07, 6.45) is -3.15. The van der Waals surface area contributed by atoms with Crippen LogP contribution in [-0.2, 0) is 25.7 Å². The van der Waals surface area contributed by atoms with Gasteiger partial charge in [-0.25, -0.2) is 4.79 Å². The first-order chi connectivity index (χ1) is 14.6. The number of piperidine rings is 1. The summed E-state index contributed by atoms with van der Waals surface area (Å²) in [7, 11) is 3.59. The number of fused-ring (bicyclic) bond motifs is 1. The summed E-state index contributed by atoms with van der Waals surface area (Å²) >= 11 is 0. The van der Waals surface area contributed by atoms with Crippen molar-refractivity contribution in [1.29, 1.82) is 0 Å². The smallest absolute Gasteiger partial charge is 0.475 e. The van der Waals surface area contributed by atoms with Crippen molar-refractivity contribution in [1.82, 2.24) is 9.80 Å². The van der Waals surface area contributed by atoms with Crippen molar-refractivity contribution in [3.05, 3.63) is 35.9 Å². The Balaban J connectivity index is 0.000000423. The fraction of sp³-hybridized carbons (Fsp3) is 0.619. The Morgan fingerprint density at radius 3 is 2.48 bits per heavy atom. The average Bonchev–Trinajstić information content (AvgIpc) is 3.14. The summed E-state index contributed by atoms with van der Waals surface area (Å²) in [5, 5.41) is 7.12. The molecule has 2 fully saturated rings. The Morgan fingerprint density at radius 2 is 1.90 bits per heavy atom. The molecule has 1 N–H and O–H groups in total. The number of ether oxygens (including phenoxy) is 2. The van der Waals surface area contributed by atoms with Crippen LogP contribution in [0.3, 0.4) is 0 Å². The van der Waals surface area contributed by atoms with Crippen molar-refractivity contribution < 1.29 is 37.3 Å². The van der Waals surface area contributed by atoms with Crippen LogP contribution in [-0.4, -0.2) is 85.5 Å². The number of likely N-dealkylation sites (N-methyl/N-ethyl adjacent to an activating group) is 1. The third kappa shape index (κ3) is 8.12. The van der Waals surface area contributed by atoms with E-state index in [-0.39, 0.29) is 18.1 Å². The van der Waals surface area contributed by atoms with Crippen LogP contribution in [0.2, 0.25) is 0 Å². The monoisotopic (exact) mass is 446 g/mol. The molecule has 0 unspecified atom stereocenters. The molecule has 0 saturated carbocycles. The molecule has 1 aromatic rings. The Kier molecular flexibility index (Phi) is 9.27. The number of hydrogen-bond acceptors (Lipinski definition) is 5. The van der Waals surface area contributed by atoms with Gasteiger partial charge in [0, 0.05) is 27.2 Å². The number of alkyl halides is 3. The number of amides is 1. The molecular formula is C21H29F3N2O5. The Morgan fingerprint density at radius 1 is 1.26 bits per heavy atom. The van der Waals surface area contributed by atoms with Gasteiger partial charge in [0.25, 0.3) is 5.91 Å². The highest BCUT2D eigenvalue weighted by molar-refractivity contribution is 5.80. The Labute approximate surface area is 179 Å². The minimum Gasteiger partial charge on any atom is -0.475 e. The molecule has 10 heteroatoms. The summed E-state index contributed by atoms with van der Waals surface area (Å²) in [6, 6.07) is 10.3. The van der Waals surface area contributed by atoms with Crippen molar-refractivity contribution in [3.8, 4) is 0 Å². The van der Waals surface area contributed by atoms with E-state index in [2.05, 4.69) is 17.0 Å². The van der Waals surface area contributed by atoms with E-state index in [0.29, 0.717) is 12.5 Å². The number of nitrogens with zero attached hydrogens (tertiary/aromatic N) is 2. The second-order valence-corrected chi connectivity index (χ2v) is 7.82. The maximum Gasteiger partial charge on any atom is 0.490 e. The molecule has 2 saturated heterocycles. The average molecular weight is 446 g/mol. The molecule has 3 atom stereocenters. The second kappa shape index (κ2) is 11.4. The highest BCUT2D eigenvalue weighted by Crippen LogP contribution is 2.33. The lowest BCUT2D eigenvalue weighted by Crippen LogP contribution is -2.43. The topological polar surface area (TPSA) is 79.3 Å². The summed E-state index contributed by atoms with van der Waals surface area (Å²) in [6.45, 7) is 4.30. The third-order valence-corrected chi connectivity index (χ3v) is 5.26. The number of carboxylic acid groups (broad SMARTS) is 1. The number of rotatable bonds is 6.